The molecule has 0 aromatic heterocycles. The van der Waals surface area contributed by atoms with Crippen molar-refractivity contribution < 1.29 is 14.7 Å². The number of carbonyl (C=O) groups excluding carboxylic acids is 2. The number of hydrogen-bond acceptors (Lipinski definition) is 3. The Bertz CT molecular complexity index is 525. The van der Waals surface area contributed by atoms with Gasteiger partial charge in [-0.1, -0.05) is 0 Å². The van der Waals surface area contributed by atoms with Gasteiger partial charge in [-0.3, -0.25) is 9.59 Å². The number of amides is 1. The average molecular weight is 298 g/mol. The van der Waals surface area contributed by atoms with Crippen LogP contribution in [0.3, 0.4) is 0 Å². The van der Waals surface area contributed by atoms with E-state index in [1.807, 2.05) is 0 Å². The summed E-state index contributed by atoms with van der Waals surface area (Å²) >= 11 is 3.35. The third-order valence-electron chi connectivity index (χ3n) is 2.94. The number of nitrogens with zero attached hydrogens (tertiary/aromatic N) is 1. The summed E-state index contributed by atoms with van der Waals surface area (Å²) in [5.74, 6) is -0.258. The second-order valence-corrected chi connectivity index (χ2v) is 4.91. The molecule has 1 aliphatic rings. The molecular formula is C12H12BrNO3. The van der Waals surface area contributed by atoms with E-state index in [4.69, 9.17) is 0 Å². The van der Waals surface area contributed by atoms with E-state index in [1.165, 1.54) is 13.8 Å². The fourth-order valence-corrected chi connectivity index (χ4v) is 2.81. The van der Waals surface area contributed by atoms with Crippen molar-refractivity contribution in [2.45, 2.75) is 20.3 Å². The summed E-state index contributed by atoms with van der Waals surface area (Å²) in [6.07, 6.45) is 0.570. The van der Waals surface area contributed by atoms with E-state index in [1.54, 1.807) is 11.0 Å². The van der Waals surface area contributed by atoms with Crippen LogP contribution >= 0.6 is 15.9 Å². The summed E-state index contributed by atoms with van der Waals surface area (Å²) in [6.45, 7) is 3.43. The smallest absolute Gasteiger partial charge is 0.223 e. The molecule has 1 heterocycles. The molecule has 0 radical (unpaired) electrons. The molecule has 17 heavy (non-hydrogen) atoms. The largest absolute Gasteiger partial charge is 0.507 e. The Hall–Kier alpha value is -1.36. The third-order valence-corrected chi connectivity index (χ3v) is 3.54. The van der Waals surface area contributed by atoms with Crippen molar-refractivity contribution in [1.82, 2.24) is 0 Å². The van der Waals surface area contributed by atoms with Crippen molar-refractivity contribution in [2.75, 3.05) is 11.4 Å². The number of carbonyl (C=O) groups is 2. The van der Waals surface area contributed by atoms with Crippen LogP contribution in [0.2, 0.25) is 0 Å². The number of phenols is 1. The van der Waals surface area contributed by atoms with Gasteiger partial charge < -0.3 is 10.0 Å². The van der Waals surface area contributed by atoms with Crippen molar-refractivity contribution in [3.63, 3.8) is 0 Å². The molecule has 4 nitrogen and oxygen atoms in total. The zero-order chi connectivity index (χ0) is 12.7. The minimum Gasteiger partial charge on any atom is -0.507 e. The summed E-state index contributed by atoms with van der Waals surface area (Å²) in [7, 11) is 0. The molecule has 0 fully saturated rings. The van der Waals surface area contributed by atoms with Gasteiger partial charge in [0.25, 0.3) is 0 Å². The molecule has 1 aromatic rings. The van der Waals surface area contributed by atoms with Gasteiger partial charge in [0.05, 0.1) is 11.3 Å². The van der Waals surface area contributed by atoms with Crippen LogP contribution in [0.25, 0.3) is 0 Å². The minimum atomic E-state index is -0.188. The molecule has 0 spiro atoms. The lowest BCUT2D eigenvalue weighted by Gasteiger charge is -2.17. The Kier molecular flexibility index (Phi) is 2.95. The molecular weight excluding hydrogens is 286 g/mol. The van der Waals surface area contributed by atoms with Gasteiger partial charge in [0, 0.05) is 23.5 Å². The quantitative estimate of drug-likeness (QED) is 0.809. The number of halogens is 1. The monoisotopic (exact) mass is 297 g/mol. The highest BCUT2D eigenvalue weighted by atomic mass is 79.9. The maximum absolute atomic E-state index is 11.4. The van der Waals surface area contributed by atoms with Gasteiger partial charge in [-0.25, -0.2) is 0 Å². The number of benzene rings is 1. The molecule has 0 saturated carbocycles. The van der Waals surface area contributed by atoms with E-state index >= 15 is 0 Å². The number of Topliss-reactive ketones (excluding diaryl/α,β-unsaturated/α-hetero) is 1. The number of ketones is 1. The Morgan fingerprint density at radius 1 is 1.41 bits per heavy atom. The Balaban J connectivity index is 2.65. The second-order valence-electron chi connectivity index (χ2n) is 4.06. The predicted molar refractivity (Wildman–Crippen MR) is 67.5 cm³/mol. The highest BCUT2D eigenvalue weighted by molar-refractivity contribution is 9.10. The van der Waals surface area contributed by atoms with E-state index in [0.717, 1.165) is 0 Å². The highest BCUT2D eigenvalue weighted by Gasteiger charge is 2.29. The van der Waals surface area contributed by atoms with Gasteiger partial charge in [0.1, 0.15) is 5.75 Å². The maximum Gasteiger partial charge on any atom is 0.223 e. The van der Waals surface area contributed by atoms with E-state index in [9.17, 15) is 14.7 Å². The topological polar surface area (TPSA) is 57.6 Å². The molecule has 1 N–H and O–H groups in total. The number of anilines is 1. The molecule has 0 atom stereocenters. The average Bonchev–Trinajstić information content (AvgIpc) is 2.67. The molecule has 2 rings (SSSR count). The van der Waals surface area contributed by atoms with E-state index in [2.05, 4.69) is 15.9 Å². The fourth-order valence-electron chi connectivity index (χ4n) is 2.13. The van der Waals surface area contributed by atoms with Crippen LogP contribution in [0.4, 0.5) is 5.69 Å². The zero-order valence-electron chi connectivity index (χ0n) is 9.58. The number of rotatable bonds is 1. The second kappa shape index (κ2) is 4.14. The first kappa shape index (κ1) is 12.1. The van der Waals surface area contributed by atoms with E-state index in [0.29, 0.717) is 34.3 Å². The highest BCUT2D eigenvalue weighted by Crippen LogP contribution is 2.42. The van der Waals surface area contributed by atoms with Gasteiger partial charge in [0.2, 0.25) is 5.91 Å². The Morgan fingerprint density at radius 3 is 2.59 bits per heavy atom. The Labute approximate surface area is 107 Å². The normalized spacial score (nSPS) is 13.7. The zero-order valence-corrected chi connectivity index (χ0v) is 11.2. The number of hydrogen-bond donors (Lipinski definition) is 1. The number of phenolic OH excluding ortho intramolecular Hbond substituents is 1. The summed E-state index contributed by atoms with van der Waals surface area (Å²) in [4.78, 5) is 24.4. The molecule has 5 heteroatoms. The standard InChI is InChI=1S/C12H12BrNO3/c1-6(15)9-5-10(13)11-8(12(9)17)3-4-14(11)7(2)16/h5,17H,3-4H2,1-2H3. The van der Waals surface area contributed by atoms with Crippen molar-refractivity contribution in [1.29, 1.82) is 0 Å². The lowest BCUT2D eigenvalue weighted by Crippen LogP contribution is -2.26. The first-order valence-corrected chi connectivity index (χ1v) is 6.06. The van der Waals surface area contributed by atoms with Crippen LogP contribution in [-0.4, -0.2) is 23.3 Å². The van der Waals surface area contributed by atoms with Crippen LogP contribution in [0.5, 0.6) is 5.75 Å². The Morgan fingerprint density at radius 2 is 2.06 bits per heavy atom. The van der Waals surface area contributed by atoms with Crippen LogP contribution in [-0.2, 0) is 11.2 Å². The molecule has 0 unspecified atom stereocenters. The SMILES string of the molecule is CC(=O)c1cc(Br)c2c(c1O)CCN2C(C)=O. The molecule has 1 aromatic carbocycles. The minimum absolute atomic E-state index is 0.000509. The molecule has 0 aliphatic carbocycles. The van der Waals surface area contributed by atoms with Gasteiger partial charge in [0.15, 0.2) is 5.78 Å². The van der Waals surface area contributed by atoms with E-state index < -0.39 is 0 Å². The van der Waals surface area contributed by atoms with Crippen molar-refractivity contribution in [3.05, 3.63) is 21.7 Å². The van der Waals surface area contributed by atoms with Crippen LogP contribution in [0.1, 0.15) is 29.8 Å². The first-order chi connectivity index (χ1) is 7.93. The molecule has 0 saturated heterocycles. The summed E-state index contributed by atoms with van der Waals surface area (Å²) in [6, 6.07) is 1.57. The number of fused-ring (bicyclic) bond motifs is 1. The molecule has 90 valence electrons. The van der Waals surface area contributed by atoms with Gasteiger partial charge in [-0.15, -0.1) is 0 Å². The lowest BCUT2D eigenvalue weighted by atomic mass is 10.0. The fraction of sp³-hybridized carbons (Fsp3) is 0.333. The predicted octanol–water partition coefficient (Wildman–Crippen LogP) is 2.27. The summed E-state index contributed by atoms with van der Waals surface area (Å²) in [5.41, 5.74) is 1.64. The first-order valence-electron chi connectivity index (χ1n) is 5.27. The van der Waals surface area contributed by atoms with Crippen LogP contribution in [0, 0.1) is 0 Å². The van der Waals surface area contributed by atoms with Crippen molar-refractivity contribution >= 4 is 33.3 Å². The van der Waals surface area contributed by atoms with E-state index in [-0.39, 0.29) is 17.4 Å². The van der Waals surface area contributed by atoms with Crippen molar-refractivity contribution in [3.8, 4) is 5.75 Å². The summed E-state index contributed by atoms with van der Waals surface area (Å²) in [5, 5.41) is 10.0. The van der Waals surface area contributed by atoms with Gasteiger partial charge >= 0.3 is 0 Å². The van der Waals surface area contributed by atoms with Gasteiger partial charge in [-0.05, 0) is 35.3 Å². The molecule has 0 bridgehead atoms. The molecule has 1 aliphatic heterocycles. The third kappa shape index (κ3) is 1.84. The van der Waals surface area contributed by atoms with Gasteiger partial charge in [-0.2, -0.15) is 0 Å². The van der Waals surface area contributed by atoms with Crippen molar-refractivity contribution in [2.24, 2.45) is 0 Å². The van der Waals surface area contributed by atoms with Crippen LogP contribution in [0.15, 0.2) is 10.5 Å². The molecule has 1 amide bonds. The lowest BCUT2D eigenvalue weighted by molar-refractivity contribution is -0.116. The maximum atomic E-state index is 11.4. The number of aromatic hydroxyl groups is 1. The summed E-state index contributed by atoms with van der Waals surface area (Å²) < 4.78 is 0.670. The van der Waals surface area contributed by atoms with Crippen LogP contribution < -0.4 is 4.90 Å².